The molecule has 0 atom stereocenters. The molecule has 0 bridgehead atoms. The Morgan fingerprint density at radius 2 is 0.722 bits per heavy atom. The molecule has 18 heavy (non-hydrogen) atoms. The van der Waals surface area contributed by atoms with Gasteiger partial charge in [-0.05, 0) is 24.3 Å². The van der Waals surface area contributed by atoms with E-state index >= 15 is 0 Å². The minimum Gasteiger partial charge on any atom is -0.192 e. The first kappa shape index (κ1) is 11.2. The molecule has 4 heteroatoms. The summed E-state index contributed by atoms with van der Waals surface area (Å²) in [6.07, 6.45) is 0. The summed E-state index contributed by atoms with van der Waals surface area (Å²) >= 11 is 0. The highest BCUT2D eigenvalue weighted by atomic mass is 14.3. The number of benzene rings is 2. The fraction of sp³-hybridized carbons (Fsp3) is 0. The summed E-state index contributed by atoms with van der Waals surface area (Å²) in [6, 6.07) is 13.9. The second-order valence-corrected chi connectivity index (χ2v) is 3.52. The lowest BCUT2D eigenvalue weighted by Crippen LogP contribution is -1.92. The van der Waals surface area contributed by atoms with Gasteiger partial charge in [0.15, 0.2) is 0 Å². The van der Waals surface area contributed by atoms with E-state index < -0.39 is 0 Å². The third kappa shape index (κ3) is 1.43. The maximum atomic E-state index is 9.06. The first-order valence-corrected chi connectivity index (χ1v) is 4.97. The second kappa shape index (κ2) is 4.26. The highest BCUT2D eigenvalue weighted by Gasteiger charge is 2.13. The molecule has 0 unspecified atom stereocenters. The van der Waals surface area contributed by atoms with Crippen molar-refractivity contribution >= 4 is 10.8 Å². The maximum Gasteiger partial charge on any atom is 0.0998 e. The maximum absolute atomic E-state index is 9.06. The van der Waals surface area contributed by atoms with Crippen molar-refractivity contribution < 1.29 is 0 Å². The van der Waals surface area contributed by atoms with Gasteiger partial charge in [-0.3, -0.25) is 0 Å². The molecule has 2 rings (SSSR count). The Kier molecular flexibility index (Phi) is 2.64. The summed E-state index contributed by atoms with van der Waals surface area (Å²) in [6.45, 7) is 0. The number of nitriles is 4. The normalized spacial score (nSPS) is 8.89. The van der Waals surface area contributed by atoms with E-state index in [2.05, 4.69) is 0 Å². The van der Waals surface area contributed by atoms with E-state index in [0.29, 0.717) is 10.8 Å². The van der Waals surface area contributed by atoms with Crippen molar-refractivity contribution in [3.63, 3.8) is 0 Å². The van der Waals surface area contributed by atoms with Crippen LogP contribution in [0.2, 0.25) is 0 Å². The molecule has 0 saturated heterocycles. The van der Waals surface area contributed by atoms with Gasteiger partial charge in [-0.15, -0.1) is 0 Å². The fourth-order valence-corrected chi connectivity index (χ4v) is 1.87. The van der Waals surface area contributed by atoms with Crippen LogP contribution in [-0.2, 0) is 0 Å². The van der Waals surface area contributed by atoms with E-state index in [4.69, 9.17) is 21.0 Å². The molecule has 2 aromatic carbocycles. The van der Waals surface area contributed by atoms with Crippen molar-refractivity contribution in [1.82, 2.24) is 0 Å². The van der Waals surface area contributed by atoms with E-state index in [-0.39, 0.29) is 22.3 Å². The molecule has 0 aromatic heterocycles. The Morgan fingerprint density at radius 3 is 0.889 bits per heavy atom. The quantitative estimate of drug-likeness (QED) is 0.691. The lowest BCUT2D eigenvalue weighted by atomic mass is 9.93. The van der Waals surface area contributed by atoms with Crippen LogP contribution in [-0.4, -0.2) is 0 Å². The lowest BCUT2D eigenvalue weighted by molar-refractivity contribution is 1.45. The predicted molar refractivity (Wildman–Crippen MR) is 62.8 cm³/mol. The summed E-state index contributed by atoms with van der Waals surface area (Å²) in [4.78, 5) is 0. The topological polar surface area (TPSA) is 95.2 Å². The molecule has 0 aliphatic rings. The number of nitrogens with zero attached hydrogens (tertiary/aromatic N) is 4. The van der Waals surface area contributed by atoms with Gasteiger partial charge in [0.05, 0.1) is 46.5 Å². The Bertz CT molecular complexity index is 683. The van der Waals surface area contributed by atoms with Crippen molar-refractivity contribution in [3.8, 4) is 24.3 Å². The zero-order valence-electron chi connectivity index (χ0n) is 9.10. The van der Waals surface area contributed by atoms with Crippen LogP contribution in [0.1, 0.15) is 22.3 Å². The minimum absolute atomic E-state index is 0.289. The van der Waals surface area contributed by atoms with Crippen LogP contribution in [0.15, 0.2) is 24.3 Å². The second-order valence-electron chi connectivity index (χ2n) is 3.52. The summed E-state index contributed by atoms with van der Waals surface area (Å²) in [5.74, 6) is 0. The standard InChI is InChI=1S/C14H4N4/c15-5-9-1-2-10(6-16)14-12(8-18)4-3-11(7-17)13(9)14/h1-4H. The van der Waals surface area contributed by atoms with Crippen LogP contribution in [0.4, 0.5) is 0 Å². The van der Waals surface area contributed by atoms with E-state index in [9.17, 15) is 0 Å². The molecule has 0 aliphatic carbocycles. The molecule has 0 amide bonds. The smallest absolute Gasteiger partial charge is 0.0998 e. The van der Waals surface area contributed by atoms with Crippen LogP contribution in [0, 0.1) is 45.3 Å². The van der Waals surface area contributed by atoms with E-state index in [1.165, 1.54) is 24.3 Å². The molecular weight excluding hydrogens is 224 g/mol. The molecule has 2 aromatic rings. The van der Waals surface area contributed by atoms with Crippen LogP contribution in [0.3, 0.4) is 0 Å². The number of hydrogen-bond donors (Lipinski definition) is 0. The lowest BCUT2D eigenvalue weighted by Gasteiger charge is -2.06. The minimum atomic E-state index is 0.289. The van der Waals surface area contributed by atoms with Gasteiger partial charge in [-0.25, -0.2) is 0 Å². The van der Waals surface area contributed by atoms with Crippen LogP contribution in [0.5, 0.6) is 0 Å². The SMILES string of the molecule is N#Cc1ccc(C#N)c2c(C#N)ccc(C#N)c12. The van der Waals surface area contributed by atoms with Crippen molar-refractivity contribution in [2.75, 3.05) is 0 Å². The molecule has 0 aliphatic heterocycles. The summed E-state index contributed by atoms with van der Waals surface area (Å²) in [5.41, 5.74) is 1.16. The van der Waals surface area contributed by atoms with Crippen LogP contribution >= 0.6 is 0 Å². The highest BCUT2D eigenvalue weighted by molar-refractivity contribution is 5.99. The monoisotopic (exact) mass is 228 g/mol. The number of rotatable bonds is 0. The zero-order chi connectivity index (χ0) is 13.1. The third-order valence-corrected chi connectivity index (χ3v) is 2.64. The molecule has 0 N–H and O–H groups in total. The zero-order valence-corrected chi connectivity index (χ0v) is 9.10. The van der Waals surface area contributed by atoms with Gasteiger partial charge in [0.1, 0.15) is 0 Å². The van der Waals surface area contributed by atoms with Crippen molar-refractivity contribution in [1.29, 1.82) is 21.0 Å². The van der Waals surface area contributed by atoms with Gasteiger partial charge in [-0.1, -0.05) is 0 Å². The van der Waals surface area contributed by atoms with Crippen molar-refractivity contribution in [2.24, 2.45) is 0 Å². The Labute approximate surface area is 103 Å². The average molecular weight is 228 g/mol. The fourth-order valence-electron chi connectivity index (χ4n) is 1.87. The number of hydrogen-bond acceptors (Lipinski definition) is 4. The molecular formula is C14H4N4. The largest absolute Gasteiger partial charge is 0.192 e. The Hall–Kier alpha value is -3.34. The highest BCUT2D eigenvalue weighted by Crippen LogP contribution is 2.28. The van der Waals surface area contributed by atoms with Crippen LogP contribution in [0.25, 0.3) is 10.8 Å². The molecule has 0 saturated carbocycles. The first-order valence-electron chi connectivity index (χ1n) is 4.97. The average Bonchev–Trinajstić information content (AvgIpc) is 2.44. The molecule has 80 valence electrons. The van der Waals surface area contributed by atoms with Gasteiger partial charge in [0, 0.05) is 10.8 Å². The Balaban J connectivity index is 3.17. The van der Waals surface area contributed by atoms with Gasteiger partial charge in [0.2, 0.25) is 0 Å². The van der Waals surface area contributed by atoms with E-state index in [0.717, 1.165) is 0 Å². The van der Waals surface area contributed by atoms with Gasteiger partial charge in [0.25, 0.3) is 0 Å². The van der Waals surface area contributed by atoms with Crippen molar-refractivity contribution in [2.45, 2.75) is 0 Å². The summed E-state index contributed by atoms with van der Waals surface area (Å²) < 4.78 is 0. The Morgan fingerprint density at radius 1 is 0.500 bits per heavy atom. The molecule has 0 radical (unpaired) electrons. The molecule has 0 spiro atoms. The summed E-state index contributed by atoms with van der Waals surface area (Å²) in [7, 11) is 0. The molecule has 0 heterocycles. The van der Waals surface area contributed by atoms with Gasteiger partial charge >= 0.3 is 0 Å². The van der Waals surface area contributed by atoms with E-state index in [1.54, 1.807) is 0 Å². The number of fused-ring (bicyclic) bond motifs is 1. The van der Waals surface area contributed by atoms with Crippen molar-refractivity contribution in [3.05, 3.63) is 46.5 Å². The van der Waals surface area contributed by atoms with Gasteiger partial charge in [-0.2, -0.15) is 21.0 Å². The summed E-state index contributed by atoms with van der Waals surface area (Å²) in [5, 5.41) is 37.0. The third-order valence-electron chi connectivity index (χ3n) is 2.64. The van der Waals surface area contributed by atoms with Gasteiger partial charge < -0.3 is 0 Å². The first-order chi connectivity index (χ1) is 8.76. The van der Waals surface area contributed by atoms with Crippen LogP contribution < -0.4 is 0 Å². The predicted octanol–water partition coefficient (Wildman–Crippen LogP) is 2.33. The van der Waals surface area contributed by atoms with E-state index in [1.807, 2.05) is 24.3 Å². The molecule has 0 fully saturated rings. The molecule has 4 nitrogen and oxygen atoms in total.